The van der Waals surface area contributed by atoms with Crippen LogP contribution in [0.5, 0.6) is 0 Å². The molecule has 2 aromatic rings. The Morgan fingerprint density at radius 3 is 2.24 bits per heavy atom. The first kappa shape index (κ1) is 23.2. The van der Waals surface area contributed by atoms with E-state index in [0.29, 0.717) is 12.2 Å². The molecule has 2 aliphatic rings. The average molecular weight is 469 g/mol. The Bertz CT molecular complexity index is 1040. The number of alkyl carbamates (subject to hydrolysis) is 1. The largest absolute Gasteiger partial charge is 0.480 e. The molecule has 33 heavy (non-hydrogen) atoms. The van der Waals surface area contributed by atoms with Gasteiger partial charge in [0.2, 0.25) is 5.91 Å². The van der Waals surface area contributed by atoms with Gasteiger partial charge in [0.25, 0.3) is 0 Å². The fraction of sp³-hybridized carbons (Fsp3) is 0.400. The van der Waals surface area contributed by atoms with Gasteiger partial charge in [-0.25, -0.2) is 9.59 Å². The third-order valence-electron chi connectivity index (χ3n) is 6.64. The van der Waals surface area contributed by atoms with E-state index < -0.39 is 29.6 Å². The third-order valence-corrected chi connectivity index (χ3v) is 7.86. The summed E-state index contributed by atoms with van der Waals surface area (Å²) in [7, 11) is 0. The molecule has 2 N–H and O–H groups in total. The normalized spacial score (nSPS) is 21.1. The number of benzene rings is 2. The minimum Gasteiger partial charge on any atom is -0.480 e. The van der Waals surface area contributed by atoms with E-state index in [4.69, 9.17) is 4.74 Å². The molecule has 4 rings (SSSR count). The van der Waals surface area contributed by atoms with Crippen LogP contribution in [0.2, 0.25) is 0 Å². The van der Waals surface area contributed by atoms with Crippen molar-refractivity contribution in [3.63, 3.8) is 0 Å². The molecule has 0 aromatic heterocycles. The summed E-state index contributed by atoms with van der Waals surface area (Å²) in [6.45, 7) is 5.34. The van der Waals surface area contributed by atoms with Crippen LogP contribution in [0.15, 0.2) is 48.5 Å². The van der Waals surface area contributed by atoms with Crippen molar-refractivity contribution in [2.75, 3.05) is 12.4 Å². The van der Waals surface area contributed by atoms with Gasteiger partial charge in [0.1, 0.15) is 18.2 Å². The number of nitrogens with zero attached hydrogens (tertiary/aromatic N) is 1. The number of carboxylic acids is 1. The lowest BCUT2D eigenvalue weighted by molar-refractivity contribution is -0.151. The number of carboxylic acid groups (broad SMARTS) is 1. The summed E-state index contributed by atoms with van der Waals surface area (Å²) in [6, 6.07) is 15.2. The van der Waals surface area contributed by atoms with Gasteiger partial charge in [-0.1, -0.05) is 55.5 Å². The summed E-state index contributed by atoms with van der Waals surface area (Å²) in [5.41, 5.74) is 3.21. The fourth-order valence-electron chi connectivity index (χ4n) is 4.58. The van der Waals surface area contributed by atoms with Gasteiger partial charge in [0.05, 0.1) is 5.37 Å². The smallest absolute Gasteiger partial charge is 0.408 e. The topological polar surface area (TPSA) is 95.9 Å². The summed E-state index contributed by atoms with van der Waals surface area (Å²) in [6.07, 6.45) is -0.392. The first-order valence-electron chi connectivity index (χ1n) is 11.1. The Hall–Kier alpha value is -3.00. The second-order valence-corrected chi connectivity index (χ2v) is 9.98. The van der Waals surface area contributed by atoms with Crippen molar-refractivity contribution < 1.29 is 24.2 Å². The van der Waals surface area contributed by atoms with Crippen LogP contribution in [0.25, 0.3) is 11.1 Å². The molecule has 3 unspecified atom stereocenters. The Kier molecular flexibility index (Phi) is 6.38. The molecular weight excluding hydrogens is 440 g/mol. The molecule has 1 fully saturated rings. The maximum Gasteiger partial charge on any atom is 0.408 e. The van der Waals surface area contributed by atoms with Crippen LogP contribution in [0, 0.1) is 0 Å². The number of carbonyl (C=O) groups is 3. The molecule has 8 heteroatoms. The van der Waals surface area contributed by atoms with Crippen molar-refractivity contribution >= 4 is 29.7 Å². The van der Waals surface area contributed by atoms with Gasteiger partial charge in [-0.15, -0.1) is 11.8 Å². The monoisotopic (exact) mass is 468 g/mol. The quantitative estimate of drug-likeness (QED) is 0.664. The van der Waals surface area contributed by atoms with Crippen molar-refractivity contribution in [1.82, 2.24) is 10.2 Å². The highest BCUT2D eigenvalue weighted by Gasteiger charge is 2.46. The molecule has 7 nitrogen and oxygen atoms in total. The van der Waals surface area contributed by atoms with E-state index in [2.05, 4.69) is 17.4 Å². The molecule has 2 amide bonds. The highest BCUT2D eigenvalue weighted by molar-refractivity contribution is 8.00. The van der Waals surface area contributed by atoms with Crippen LogP contribution in [-0.4, -0.2) is 57.3 Å². The minimum atomic E-state index is -1.27. The standard InChI is InChI=1S/C25H28N2O5S/c1-4-25(3,23(30)27-15(2)33-14-21(27)22(28)29)26-24(31)32-13-20-18-11-7-5-9-16(18)17-10-6-8-12-19(17)20/h5-12,15,20-21H,4,13-14H2,1-3H3,(H,26,31)(H,28,29). The zero-order valence-electron chi connectivity index (χ0n) is 18.9. The predicted molar refractivity (Wildman–Crippen MR) is 127 cm³/mol. The Labute approximate surface area is 197 Å². The van der Waals surface area contributed by atoms with Crippen LogP contribution in [-0.2, 0) is 14.3 Å². The van der Waals surface area contributed by atoms with E-state index in [-0.39, 0.29) is 17.9 Å². The Morgan fingerprint density at radius 2 is 1.70 bits per heavy atom. The van der Waals surface area contributed by atoms with Crippen molar-refractivity contribution in [1.29, 1.82) is 0 Å². The van der Waals surface area contributed by atoms with E-state index in [1.165, 1.54) is 16.7 Å². The van der Waals surface area contributed by atoms with E-state index in [9.17, 15) is 19.5 Å². The van der Waals surface area contributed by atoms with E-state index in [1.54, 1.807) is 20.8 Å². The first-order valence-corrected chi connectivity index (χ1v) is 12.1. The molecule has 1 saturated heterocycles. The van der Waals surface area contributed by atoms with Crippen molar-refractivity contribution in [2.24, 2.45) is 0 Å². The molecule has 1 heterocycles. The summed E-state index contributed by atoms with van der Waals surface area (Å²) >= 11 is 1.41. The number of amides is 2. The molecule has 0 radical (unpaired) electrons. The number of rotatable bonds is 6. The average Bonchev–Trinajstić information content (AvgIpc) is 3.35. The molecule has 3 atom stereocenters. The zero-order chi connectivity index (χ0) is 23.8. The van der Waals surface area contributed by atoms with Gasteiger partial charge in [-0.2, -0.15) is 0 Å². The molecule has 1 aliphatic carbocycles. The lowest BCUT2D eigenvalue weighted by Gasteiger charge is -2.35. The maximum atomic E-state index is 13.3. The summed E-state index contributed by atoms with van der Waals surface area (Å²) in [4.78, 5) is 39.1. The Morgan fingerprint density at radius 1 is 1.12 bits per heavy atom. The number of hydrogen-bond donors (Lipinski definition) is 2. The summed E-state index contributed by atoms with van der Waals surface area (Å²) in [5, 5.41) is 12.0. The van der Waals surface area contributed by atoms with Gasteiger partial charge < -0.3 is 20.1 Å². The van der Waals surface area contributed by atoms with E-state index >= 15 is 0 Å². The SMILES string of the molecule is CCC(C)(NC(=O)OCC1c2ccccc2-c2ccccc21)C(=O)N1C(C)SCC1C(=O)O. The highest BCUT2D eigenvalue weighted by Crippen LogP contribution is 2.44. The molecule has 2 aromatic carbocycles. The number of thioether (sulfide) groups is 1. The molecular formula is C25H28N2O5S. The Balaban J connectivity index is 1.47. The van der Waals surface area contributed by atoms with Crippen molar-refractivity contribution in [3.05, 3.63) is 59.7 Å². The van der Waals surface area contributed by atoms with Crippen molar-refractivity contribution in [3.8, 4) is 11.1 Å². The second kappa shape index (κ2) is 9.09. The van der Waals surface area contributed by atoms with E-state index in [0.717, 1.165) is 22.3 Å². The number of aliphatic carboxylic acids is 1. The van der Waals surface area contributed by atoms with Gasteiger partial charge >= 0.3 is 12.1 Å². The number of nitrogens with one attached hydrogen (secondary N) is 1. The van der Waals surface area contributed by atoms with Gasteiger partial charge in [-0.3, -0.25) is 4.79 Å². The number of hydrogen-bond acceptors (Lipinski definition) is 5. The fourth-order valence-corrected chi connectivity index (χ4v) is 5.75. The van der Waals surface area contributed by atoms with Gasteiger partial charge in [0.15, 0.2) is 0 Å². The molecule has 174 valence electrons. The number of fused-ring (bicyclic) bond motifs is 3. The third kappa shape index (κ3) is 4.19. The lowest BCUT2D eigenvalue weighted by Crippen LogP contribution is -2.60. The second-order valence-electron chi connectivity index (χ2n) is 8.64. The number of carbonyl (C=O) groups excluding carboxylic acids is 2. The van der Waals surface area contributed by atoms with Crippen LogP contribution in [0.3, 0.4) is 0 Å². The minimum absolute atomic E-state index is 0.0851. The molecule has 0 spiro atoms. The summed E-state index contributed by atoms with van der Waals surface area (Å²) in [5.74, 6) is -1.21. The van der Waals surface area contributed by atoms with E-state index in [1.807, 2.05) is 36.4 Å². The maximum absolute atomic E-state index is 13.3. The molecule has 0 bridgehead atoms. The van der Waals surface area contributed by atoms with Crippen LogP contribution in [0.1, 0.15) is 44.2 Å². The van der Waals surface area contributed by atoms with Gasteiger partial charge in [0, 0.05) is 11.7 Å². The molecule has 0 saturated carbocycles. The molecule has 1 aliphatic heterocycles. The van der Waals surface area contributed by atoms with Crippen LogP contribution < -0.4 is 5.32 Å². The highest BCUT2D eigenvalue weighted by atomic mass is 32.2. The predicted octanol–water partition coefficient (Wildman–Crippen LogP) is 4.07. The van der Waals surface area contributed by atoms with Crippen molar-refractivity contribution in [2.45, 2.75) is 50.1 Å². The van der Waals surface area contributed by atoms with Crippen LogP contribution in [0.4, 0.5) is 4.79 Å². The first-order chi connectivity index (χ1) is 15.8. The van der Waals surface area contributed by atoms with Crippen LogP contribution >= 0.6 is 11.8 Å². The number of ether oxygens (including phenoxy) is 1. The lowest BCUT2D eigenvalue weighted by atomic mass is 9.96. The zero-order valence-corrected chi connectivity index (χ0v) is 19.7. The van der Waals surface area contributed by atoms with Gasteiger partial charge in [-0.05, 0) is 42.5 Å². The summed E-state index contributed by atoms with van der Waals surface area (Å²) < 4.78 is 5.61.